The van der Waals surface area contributed by atoms with E-state index in [0.717, 1.165) is 38.6 Å². The highest BCUT2D eigenvalue weighted by molar-refractivity contribution is 5.94. The van der Waals surface area contributed by atoms with E-state index in [1.807, 2.05) is 4.90 Å². The minimum atomic E-state index is -0.00499. The Morgan fingerprint density at radius 1 is 1.11 bits per heavy atom. The van der Waals surface area contributed by atoms with Crippen LogP contribution < -0.4 is 10.1 Å². The first-order valence-corrected chi connectivity index (χ1v) is 9.68. The number of methoxy groups -OCH3 is 1. The number of carbonyl (C=O) groups is 2. The predicted octanol–water partition coefficient (Wildman–Crippen LogP) is 0.996. The predicted molar refractivity (Wildman–Crippen MR) is 102 cm³/mol. The third kappa shape index (κ3) is 5.43. The lowest BCUT2D eigenvalue weighted by molar-refractivity contribution is -0.126. The van der Waals surface area contributed by atoms with Crippen molar-refractivity contribution in [1.29, 1.82) is 0 Å². The van der Waals surface area contributed by atoms with Crippen molar-refractivity contribution < 1.29 is 19.1 Å². The second kappa shape index (κ2) is 9.71. The third-order valence-corrected chi connectivity index (χ3v) is 5.32. The maximum atomic E-state index is 12.6. The Labute approximate surface area is 160 Å². The molecule has 0 unspecified atom stereocenters. The quantitative estimate of drug-likeness (QED) is 0.803. The lowest BCUT2D eigenvalue weighted by Gasteiger charge is -2.32. The molecule has 0 radical (unpaired) electrons. The normalized spacial score (nSPS) is 18.9. The van der Waals surface area contributed by atoms with Gasteiger partial charge in [-0.3, -0.25) is 14.5 Å². The molecule has 148 valence electrons. The van der Waals surface area contributed by atoms with Crippen molar-refractivity contribution in [3.63, 3.8) is 0 Å². The second-order valence-electron chi connectivity index (χ2n) is 7.04. The van der Waals surface area contributed by atoms with E-state index in [1.54, 1.807) is 31.4 Å². The van der Waals surface area contributed by atoms with E-state index in [1.165, 1.54) is 0 Å². The van der Waals surface area contributed by atoms with Gasteiger partial charge in [-0.15, -0.1) is 0 Å². The molecule has 2 aliphatic heterocycles. The Morgan fingerprint density at radius 3 is 2.41 bits per heavy atom. The van der Waals surface area contributed by atoms with Crippen LogP contribution in [0.3, 0.4) is 0 Å². The molecule has 2 amide bonds. The number of ether oxygens (including phenoxy) is 2. The van der Waals surface area contributed by atoms with Crippen molar-refractivity contribution >= 4 is 11.8 Å². The summed E-state index contributed by atoms with van der Waals surface area (Å²) in [5.74, 6) is 0.859. The number of carbonyl (C=O) groups excluding carboxylic acids is 2. The smallest absolute Gasteiger partial charge is 0.253 e. The molecule has 2 aliphatic rings. The molecular weight excluding hydrogens is 346 g/mol. The molecule has 0 aliphatic carbocycles. The topological polar surface area (TPSA) is 71.1 Å². The number of hydrogen-bond donors (Lipinski definition) is 1. The number of nitrogens with zero attached hydrogens (tertiary/aromatic N) is 2. The molecule has 0 aromatic heterocycles. The van der Waals surface area contributed by atoms with Crippen LogP contribution in [0.2, 0.25) is 0 Å². The fraction of sp³-hybridized carbons (Fsp3) is 0.600. The van der Waals surface area contributed by atoms with Gasteiger partial charge in [-0.2, -0.15) is 0 Å². The van der Waals surface area contributed by atoms with Gasteiger partial charge in [0, 0.05) is 50.7 Å². The maximum absolute atomic E-state index is 12.6. The lowest BCUT2D eigenvalue weighted by atomic mass is 9.95. The van der Waals surface area contributed by atoms with Gasteiger partial charge >= 0.3 is 0 Å². The zero-order valence-corrected chi connectivity index (χ0v) is 16.0. The van der Waals surface area contributed by atoms with Gasteiger partial charge in [0.25, 0.3) is 5.91 Å². The number of rotatable bonds is 6. The summed E-state index contributed by atoms with van der Waals surface area (Å²) < 4.78 is 10.5. The highest BCUT2D eigenvalue weighted by Crippen LogP contribution is 2.20. The van der Waals surface area contributed by atoms with Crippen molar-refractivity contribution in [2.24, 2.45) is 5.92 Å². The molecule has 2 fully saturated rings. The Bertz CT molecular complexity index is 621. The van der Waals surface area contributed by atoms with E-state index in [2.05, 4.69) is 10.2 Å². The van der Waals surface area contributed by atoms with Gasteiger partial charge in [0.05, 0.1) is 20.3 Å². The van der Waals surface area contributed by atoms with Crippen LogP contribution in [0.4, 0.5) is 0 Å². The monoisotopic (exact) mass is 375 g/mol. The SMILES string of the molecule is COc1ccc(C(=O)N2CCC(C(=O)NCCN3CCOCC3)CC2)cc1. The number of hydrogen-bond acceptors (Lipinski definition) is 5. The fourth-order valence-corrected chi connectivity index (χ4v) is 3.57. The lowest BCUT2D eigenvalue weighted by Crippen LogP contribution is -2.45. The summed E-state index contributed by atoms with van der Waals surface area (Å²) in [4.78, 5) is 29.1. The zero-order valence-electron chi connectivity index (χ0n) is 16.0. The minimum absolute atomic E-state index is 0.00499. The molecule has 2 saturated heterocycles. The molecule has 7 nitrogen and oxygen atoms in total. The summed E-state index contributed by atoms with van der Waals surface area (Å²) in [7, 11) is 1.60. The highest BCUT2D eigenvalue weighted by atomic mass is 16.5. The van der Waals surface area contributed by atoms with Gasteiger partial charge in [0.15, 0.2) is 0 Å². The Kier molecular flexibility index (Phi) is 7.06. The van der Waals surface area contributed by atoms with Gasteiger partial charge in [-0.1, -0.05) is 0 Å². The van der Waals surface area contributed by atoms with Crippen LogP contribution in [-0.4, -0.2) is 81.2 Å². The van der Waals surface area contributed by atoms with Crippen molar-refractivity contribution in [2.75, 3.05) is 59.6 Å². The maximum Gasteiger partial charge on any atom is 0.253 e. The van der Waals surface area contributed by atoms with Crippen LogP contribution in [0.25, 0.3) is 0 Å². The Hall–Kier alpha value is -2.12. The summed E-state index contributed by atoms with van der Waals surface area (Å²) in [5.41, 5.74) is 0.657. The van der Waals surface area contributed by atoms with Gasteiger partial charge < -0.3 is 19.7 Å². The van der Waals surface area contributed by atoms with Gasteiger partial charge in [0.2, 0.25) is 5.91 Å². The molecule has 2 heterocycles. The molecule has 7 heteroatoms. The van der Waals surface area contributed by atoms with Crippen LogP contribution in [-0.2, 0) is 9.53 Å². The molecule has 1 aromatic carbocycles. The summed E-state index contributed by atoms with van der Waals surface area (Å²) in [6.45, 7) is 6.18. The first-order valence-electron chi connectivity index (χ1n) is 9.68. The van der Waals surface area contributed by atoms with Crippen molar-refractivity contribution in [3.05, 3.63) is 29.8 Å². The minimum Gasteiger partial charge on any atom is -0.497 e. The Morgan fingerprint density at radius 2 is 1.78 bits per heavy atom. The number of piperidine rings is 1. The van der Waals surface area contributed by atoms with E-state index >= 15 is 0 Å². The number of morpholine rings is 1. The summed E-state index contributed by atoms with van der Waals surface area (Å²) in [5, 5.41) is 3.05. The molecule has 3 rings (SSSR count). The van der Waals surface area contributed by atoms with Crippen LogP contribution >= 0.6 is 0 Å². The average molecular weight is 375 g/mol. The highest BCUT2D eigenvalue weighted by Gasteiger charge is 2.27. The van der Waals surface area contributed by atoms with Crippen LogP contribution in [0.1, 0.15) is 23.2 Å². The molecular formula is C20H29N3O4. The van der Waals surface area contributed by atoms with E-state index in [9.17, 15) is 9.59 Å². The number of nitrogens with one attached hydrogen (secondary N) is 1. The largest absolute Gasteiger partial charge is 0.497 e. The molecule has 1 N–H and O–H groups in total. The van der Waals surface area contributed by atoms with E-state index in [0.29, 0.717) is 38.0 Å². The third-order valence-electron chi connectivity index (χ3n) is 5.32. The van der Waals surface area contributed by atoms with Gasteiger partial charge in [0.1, 0.15) is 5.75 Å². The Balaban J connectivity index is 1.39. The number of amides is 2. The first kappa shape index (κ1) is 19.6. The van der Waals surface area contributed by atoms with Gasteiger partial charge in [-0.25, -0.2) is 0 Å². The molecule has 0 atom stereocenters. The first-order chi connectivity index (χ1) is 13.2. The summed E-state index contributed by atoms with van der Waals surface area (Å²) in [6, 6.07) is 7.15. The number of benzene rings is 1. The standard InChI is InChI=1S/C20H29N3O4/c1-26-18-4-2-17(3-5-18)20(25)23-9-6-16(7-10-23)19(24)21-8-11-22-12-14-27-15-13-22/h2-5,16H,6-15H2,1H3,(H,21,24). The van der Waals surface area contributed by atoms with Crippen LogP contribution in [0, 0.1) is 5.92 Å². The van der Waals surface area contributed by atoms with Crippen LogP contribution in [0.5, 0.6) is 5.75 Å². The van der Waals surface area contributed by atoms with Crippen LogP contribution in [0.15, 0.2) is 24.3 Å². The zero-order chi connectivity index (χ0) is 19.1. The van der Waals surface area contributed by atoms with Crippen molar-refractivity contribution in [2.45, 2.75) is 12.8 Å². The van der Waals surface area contributed by atoms with Crippen molar-refractivity contribution in [3.8, 4) is 5.75 Å². The average Bonchev–Trinajstić information content (AvgIpc) is 2.74. The van der Waals surface area contributed by atoms with Crippen molar-refractivity contribution in [1.82, 2.24) is 15.1 Å². The van der Waals surface area contributed by atoms with E-state index < -0.39 is 0 Å². The molecule has 0 bridgehead atoms. The molecule has 0 saturated carbocycles. The molecule has 0 spiro atoms. The number of likely N-dealkylation sites (tertiary alicyclic amines) is 1. The fourth-order valence-electron chi connectivity index (χ4n) is 3.57. The summed E-state index contributed by atoms with van der Waals surface area (Å²) >= 11 is 0. The second-order valence-corrected chi connectivity index (χ2v) is 7.04. The summed E-state index contributed by atoms with van der Waals surface area (Å²) in [6.07, 6.45) is 1.43. The molecule has 1 aromatic rings. The van der Waals surface area contributed by atoms with Gasteiger partial charge in [-0.05, 0) is 37.1 Å². The van der Waals surface area contributed by atoms with E-state index in [-0.39, 0.29) is 17.7 Å². The molecule has 27 heavy (non-hydrogen) atoms. The van der Waals surface area contributed by atoms with E-state index in [4.69, 9.17) is 9.47 Å².